The zero-order valence-corrected chi connectivity index (χ0v) is 12.2. The third-order valence-electron chi connectivity index (χ3n) is 3.79. The molecule has 1 fully saturated rings. The van der Waals surface area contributed by atoms with Gasteiger partial charge in [0.2, 0.25) is 0 Å². The van der Waals surface area contributed by atoms with Gasteiger partial charge in [0.1, 0.15) is 0 Å². The Bertz CT molecular complexity index is 316. The van der Waals surface area contributed by atoms with Gasteiger partial charge in [0.15, 0.2) is 0 Å². The van der Waals surface area contributed by atoms with Gasteiger partial charge in [-0.25, -0.2) is 4.79 Å². The zero-order valence-electron chi connectivity index (χ0n) is 12.2. The van der Waals surface area contributed by atoms with Gasteiger partial charge in [-0.1, -0.05) is 20.3 Å². The van der Waals surface area contributed by atoms with Crippen molar-refractivity contribution in [2.75, 3.05) is 13.1 Å². The lowest BCUT2D eigenvalue weighted by molar-refractivity contribution is -0.137. The number of carbonyl (C=O) groups excluding carboxylic acids is 1. The molecule has 5 nitrogen and oxygen atoms in total. The smallest absolute Gasteiger partial charge is 0.317 e. The van der Waals surface area contributed by atoms with Gasteiger partial charge in [0, 0.05) is 19.1 Å². The summed E-state index contributed by atoms with van der Waals surface area (Å²) in [6.45, 7) is 7.55. The Morgan fingerprint density at radius 2 is 2.00 bits per heavy atom. The standard InChI is InChI=1S/C14H26N2O3/c1-4-10(3)9-16(5-2)14(19)15-12(8-13(17)18)11-6-7-11/h10-12H,4-9H2,1-3H3,(H,15,19)(H,17,18). The van der Waals surface area contributed by atoms with Crippen LogP contribution in [0.4, 0.5) is 4.79 Å². The van der Waals surface area contributed by atoms with Crippen LogP contribution in [0.1, 0.15) is 46.5 Å². The van der Waals surface area contributed by atoms with E-state index in [-0.39, 0.29) is 18.5 Å². The van der Waals surface area contributed by atoms with E-state index in [2.05, 4.69) is 19.2 Å². The Labute approximate surface area is 115 Å². The van der Waals surface area contributed by atoms with E-state index < -0.39 is 5.97 Å². The molecule has 0 heterocycles. The van der Waals surface area contributed by atoms with E-state index in [1.807, 2.05) is 6.92 Å². The zero-order chi connectivity index (χ0) is 14.4. The Balaban J connectivity index is 2.51. The van der Waals surface area contributed by atoms with Crippen LogP contribution in [-0.4, -0.2) is 41.1 Å². The Morgan fingerprint density at radius 3 is 2.42 bits per heavy atom. The van der Waals surface area contributed by atoms with Crippen LogP contribution in [0.3, 0.4) is 0 Å². The molecule has 1 aliphatic rings. The highest BCUT2D eigenvalue weighted by Gasteiger charge is 2.34. The van der Waals surface area contributed by atoms with E-state index in [9.17, 15) is 9.59 Å². The molecule has 19 heavy (non-hydrogen) atoms. The molecular weight excluding hydrogens is 244 g/mol. The second-order valence-corrected chi connectivity index (χ2v) is 5.54. The summed E-state index contributed by atoms with van der Waals surface area (Å²) in [5, 5.41) is 11.8. The topological polar surface area (TPSA) is 69.6 Å². The van der Waals surface area contributed by atoms with E-state index in [4.69, 9.17) is 5.11 Å². The minimum Gasteiger partial charge on any atom is -0.481 e. The summed E-state index contributed by atoms with van der Waals surface area (Å²) in [4.78, 5) is 24.8. The van der Waals surface area contributed by atoms with Crippen molar-refractivity contribution in [3.63, 3.8) is 0 Å². The number of rotatable bonds is 8. The van der Waals surface area contributed by atoms with Crippen molar-refractivity contribution in [1.29, 1.82) is 0 Å². The van der Waals surface area contributed by atoms with E-state index in [0.29, 0.717) is 18.4 Å². The molecule has 0 bridgehead atoms. The van der Waals surface area contributed by atoms with Gasteiger partial charge < -0.3 is 15.3 Å². The van der Waals surface area contributed by atoms with Gasteiger partial charge in [0.25, 0.3) is 0 Å². The first-order chi connectivity index (χ1) is 8.97. The van der Waals surface area contributed by atoms with Crippen LogP contribution >= 0.6 is 0 Å². The van der Waals surface area contributed by atoms with Gasteiger partial charge >= 0.3 is 12.0 Å². The molecule has 1 saturated carbocycles. The van der Waals surface area contributed by atoms with Gasteiger partial charge in [-0.05, 0) is 31.6 Å². The number of carbonyl (C=O) groups is 2. The van der Waals surface area contributed by atoms with Crippen LogP contribution < -0.4 is 5.32 Å². The van der Waals surface area contributed by atoms with Gasteiger partial charge in [-0.15, -0.1) is 0 Å². The summed E-state index contributed by atoms with van der Waals surface area (Å²) in [7, 11) is 0. The van der Waals surface area contributed by atoms with Crippen molar-refractivity contribution in [2.24, 2.45) is 11.8 Å². The molecule has 0 spiro atoms. The lowest BCUT2D eigenvalue weighted by atomic mass is 10.1. The maximum absolute atomic E-state index is 12.2. The molecule has 5 heteroatoms. The third-order valence-corrected chi connectivity index (χ3v) is 3.79. The van der Waals surface area contributed by atoms with Crippen LogP contribution in [0.15, 0.2) is 0 Å². The number of carboxylic acids is 1. The van der Waals surface area contributed by atoms with Crippen LogP contribution in [0.5, 0.6) is 0 Å². The number of urea groups is 1. The van der Waals surface area contributed by atoms with E-state index in [1.165, 1.54) is 0 Å². The Morgan fingerprint density at radius 1 is 1.37 bits per heavy atom. The minimum atomic E-state index is -0.845. The van der Waals surface area contributed by atoms with E-state index >= 15 is 0 Å². The molecule has 0 aromatic heterocycles. The highest BCUT2D eigenvalue weighted by atomic mass is 16.4. The summed E-state index contributed by atoms with van der Waals surface area (Å²) in [5.74, 6) is -0.0333. The Hall–Kier alpha value is -1.26. The highest BCUT2D eigenvalue weighted by molar-refractivity contribution is 5.76. The highest BCUT2D eigenvalue weighted by Crippen LogP contribution is 2.34. The number of hydrogen-bond donors (Lipinski definition) is 2. The van der Waals surface area contributed by atoms with Crippen molar-refractivity contribution >= 4 is 12.0 Å². The molecule has 0 aromatic carbocycles. The molecule has 2 unspecified atom stereocenters. The minimum absolute atomic E-state index is 0.0251. The molecule has 0 saturated heterocycles. The number of nitrogens with one attached hydrogen (secondary N) is 1. The number of carboxylic acid groups (broad SMARTS) is 1. The van der Waals surface area contributed by atoms with Crippen molar-refractivity contribution < 1.29 is 14.7 Å². The van der Waals surface area contributed by atoms with Crippen LogP contribution in [0, 0.1) is 11.8 Å². The maximum atomic E-state index is 12.2. The maximum Gasteiger partial charge on any atom is 0.317 e. The van der Waals surface area contributed by atoms with Crippen molar-refractivity contribution in [3.8, 4) is 0 Å². The van der Waals surface area contributed by atoms with Crippen molar-refractivity contribution in [3.05, 3.63) is 0 Å². The third kappa shape index (κ3) is 5.49. The van der Waals surface area contributed by atoms with Gasteiger partial charge in [-0.3, -0.25) is 4.79 Å². The fraction of sp³-hybridized carbons (Fsp3) is 0.857. The van der Waals surface area contributed by atoms with Crippen molar-refractivity contribution in [2.45, 2.75) is 52.5 Å². The second kappa shape index (κ2) is 7.36. The summed E-state index contributed by atoms with van der Waals surface area (Å²) >= 11 is 0. The molecule has 0 aromatic rings. The van der Waals surface area contributed by atoms with Crippen molar-refractivity contribution in [1.82, 2.24) is 10.2 Å². The van der Waals surface area contributed by atoms with Gasteiger partial charge in [0.05, 0.1) is 6.42 Å². The number of nitrogens with zero attached hydrogens (tertiary/aromatic N) is 1. The molecule has 110 valence electrons. The average Bonchev–Trinajstić information content (AvgIpc) is 3.18. The number of hydrogen-bond acceptors (Lipinski definition) is 2. The molecule has 2 atom stereocenters. The quantitative estimate of drug-likeness (QED) is 0.711. The molecule has 0 radical (unpaired) electrons. The molecule has 0 aliphatic heterocycles. The number of amides is 2. The van der Waals surface area contributed by atoms with E-state index in [0.717, 1.165) is 25.8 Å². The van der Waals surface area contributed by atoms with Crippen LogP contribution in [-0.2, 0) is 4.79 Å². The fourth-order valence-corrected chi connectivity index (χ4v) is 2.13. The average molecular weight is 270 g/mol. The predicted molar refractivity (Wildman–Crippen MR) is 74.0 cm³/mol. The fourth-order valence-electron chi connectivity index (χ4n) is 2.13. The second-order valence-electron chi connectivity index (χ2n) is 5.54. The molecule has 2 N–H and O–H groups in total. The summed E-state index contributed by atoms with van der Waals surface area (Å²) in [6, 6.07) is -0.336. The number of aliphatic carboxylic acids is 1. The first-order valence-corrected chi connectivity index (χ1v) is 7.25. The lowest BCUT2D eigenvalue weighted by Gasteiger charge is -2.27. The predicted octanol–water partition coefficient (Wildman–Crippen LogP) is 2.32. The summed E-state index contributed by atoms with van der Waals surface area (Å²) < 4.78 is 0. The van der Waals surface area contributed by atoms with Crippen LogP contribution in [0.25, 0.3) is 0 Å². The summed E-state index contributed by atoms with van der Waals surface area (Å²) in [6.07, 6.45) is 3.10. The van der Waals surface area contributed by atoms with Crippen LogP contribution in [0.2, 0.25) is 0 Å². The first-order valence-electron chi connectivity index (χ1n) is 7.25. The monoisotopic (exact) mass is 270 g/mol. The molecule has 1 aliphatic carbocycles. The normalized spacial score (nSPS) is 17.6. The largest absolute Gasteiger partial charge is 0.481 e. The van der Waals surface area contributed by atoms with Gasteiger partial charge in [-0.2, -0.15) is 0 Å². The molecule has 2 amide bonds. The lowest BCUT2D eigenvalue weighted by Crippen LogP contribution is -2.47. The Kier molecular flexibility index (Phi) is 6.12. The molecule has 1 rings (SSSR count). The molecular formula is C14H26N2O3. The first kappa shape index (κ1) is 15.8. The SMILES string of the molecule is CCC(C)CN(CC)C(=O)NC(CC(=O)O)C1CC1. The summed E-state index contributed by atoms with van der Waals surface area (Å²) in [5.41, 5.74) is 0. The van der Waals surface area contributed by atoms with E-state index in [1.54, 1.807) is 4.90 Å².